The van der Waals surface area contributed by atoms with Crippen LogP contribution in [0.3, 0.4) is 0 Å². The number of ether oxygens (including phenoxy) is 1. The Balaban J connectivity index is 2.05. The van der Waals surface area contributed by atoms with Gasteiger partial charge in [0.1, 0.15) is 5.75 Å². The molecule has 1 aliphatic rings. The lowest BCUT2D eigenvalue weighted by atomic mass is 9.99. The molecule has 0 bridgehead atoms. The normalized spacial score (nSPS) is 20.9. The van der Waals surface area contributed by atoms with Crippen molar-refractivity contribution >= 4 is 0 Å². The first-order valence-electron chi connectivity index (χ1n) is 7.12. The summed E-state index contributed by atoms with van der Waals surface area (Å²) in [6.45, 7) is 6.77. The van der Waals surface area contributed by atoms with Crippen molar-refractivity contribution < 1.29 is 4.74 Å². The van der Waals surface area contributed by atoms with Gasteiger partial charge in [0.25, 0.3) is 0 Å². The summed E-state index contributed by atoms with van der Waals surface area (Å²) in [6.07, 6.45) is 5.39. The van der Waals surface area contributed by atoms with Crippen LogP contribution in [0.1, 0.15) is 43.7 Å². The van der Waals surface area contributed by atoms with E-state index in [1.165, 1.54) is 43.4 Å². The molecule has 100 valence electrons. The van der Waals surface area contributed by atoms with Gasteiger partial charge in [0, 0.05) is 12.6 Å². The summed E-state index contributed by atoms with van der Waals surface area (Å²) in [5.41, 5.74) is 2.65. The average molecular weight is 247 g/mol. The second kappa shape index (κ2) is 6.24. The molecule has 0 saturated carbocycles. The zero-order valence-electron chi connectivity index (χ0n) is 11.9. The van der Waals surface area contributed by atoms with Crippen LogP contribution in [-0.4, -0.2) is 24.6 Å². The van der Waals surface area contributed by atoms with Crippen molar-refractivity contribution in [2.75, 3.05) is 13.7 Å². The molecule has 0 aromatic heterocycles. The predicted octanol–water partition coefficient (Wildman–Crippen LogP) is 3.77. The van der Waals surface area contributed by atoms with Crippen LogP contribution in [0.25, 0.3) is 0 Å². The first-order chi connectivity index (χ1) is 8.74. The van der Waals surface area contributed by atoms with E-state index < -0.39 is 0 Å². The van der Waals surface area contributed by atoms with E-state index in [9.17, 15) is 0 Å². The van der Waals surface area contributed by atoms with Crippen molar-refractivity contribution in [3.63, 3.8) is 0 Å². The third-order valence-corrected chi connectivity index (χ3v) is 4.07. The van der Waals surface area contributed by atoms with Crippen LogP contribution in [0.2, 0.25) is 0 Å². The van der Waals surface area contributed by atoms with Gasteiger partial charge in [-0.3, -0.25) is 4.90 Å². The zero-order chi connectivity index (χ0) is 13.0. The minimum atomic E-state index is 0.779. The van der Waals surface area contributed by atoms with Gasteiger partial charge in [-0.1, -0.05) is 25.5 Å². The molecule has 1 fully saturated rings. The van der Waals surface area contributed by atoms with Gasteiger partial charge in [-0.25, -0.2) is 0 Å². The third-order valence-electron chi connectivity index (χ3n) is 4.07. The highest BCUT2D eigenvalue weighted by molar-refractivity contribution is 5.36. The smallest absolute Gasteiger partial charge is 0.121 e. The molecular weight excluding hydrogens is 222 g/mol. The first kappa shape index (κ1) is 13.4. The van der Waals surface area contributed by atoms with Crippen molar-refractivity contribution in [2.45, 2.75) is 52.1 Å². The summed E-state index contributed by atoms with van der Waals surface area (Å²) in [5, 5.41) is 0. The van der Waals surface area contributed by atoms with E-state index in [0.29, 0.717) is 0 Å². The van der Waals surface area contributed by atoms with Gasteiger partial charge < -0.3 is 4.74 Å². The number of hydrogen-bond donors (Lipinski definition) is 0. The van der Waals surface area contributed by atoms with E-state index >= 15 is 0 Å². The summed E-state index contributed by atoms with van der Waals surface area (Å²) in [5.74, 6) is 0.990. The van der Waals surface area contributed by atoms with Gasteiger partial charge in [-0.05, 0) is 49.9 Å². The van der Waals surface area contributed by atoms with E-state index in [4.69, 9.17) is 4.74 Å². The Morgan fingerprint density at radius 2 is 2.17 bits per heavy atom. The SMILES string of the molecule is CC[C@@H]1CCCCN1Cc1ccc(OC)c(C)c1. The van der Waals surface area contributed by atoms with Crippen LogP contribution in [-0.2, 0) is 6.54 Å². The Kier molecular flexibility index (Phi) is 4.65. The Morgan fingerprint density at radius 3 is 2.83 bits per heavy atom. The van der Waals surface area contributed by atoms with E-state index in [0.717, 1.165) is 18.3 Å². The number of rotatable bonds is 4. The largest absolute Gasteiger partial charge is 0.496 e. The number of piperidine rings is 1. The predicted molar refractivity (Wildman–Crippen MR) is 76.1 cm³/mol. The fourth-order valence-electron chi connectivity index (χ4n) is 3.00. The summed E-state index contributed by atoms with van der Waals surface area (Å²) in [6, 6.07) is 7.34. The maximum absolute atomic E-state index is 5.32. The van der Waals surface area contributed by atoms with E-state index in [-0.39, 0.29) is 0 Å². The van der Waals surface area contributed by atoms with Gasteiger partial charge in [0.05, 0.1) is 7.11 Å². The van der Waals surface area contributed by atoms with Gasteiger partial charge in [0.2, 0.25) is 0 Å². The Labute approximate surface area is 111 Å². The fraction of sp³-hybridized carbons (Fsp3) is 0.625. The average Bonchev–Trinajstić information content (AvgIpc) is 2.39. The molecule has 0 unspecified atom stereocenters. The highest BCUT2D eigenvalue weighted by Gasteiger charge is 2.20. The van der Waals surface area contributed by atoms with Crippen LogP contribution in [0.4, 0.5) is 0 Å². The van der Waals surface area contributed by atoms with Gasteiger partial charge in [-0.2, -0.15) is 0 Å². The number of likely N-dealkylation sites (tertiary alicyclic amines) is 1. The van der Waals surface area contributed by atoms with Gasteiger partial charge in [-0.15, -0.1) is 0 Å². The maximum Gasteiger partial charge on any atom is 0.121 e. The molecule has 1 aliphatic heterocycles. The van der Waals surface area contributed by atoms with Crippen LogP contribution < -0.4 is 4.74 Å². The molecule has 0 aliphatic carbocycles. The lowest BCUT2D eigenvalue weighted by molar-refractivity contribution is 0.136. The lowest BCUT2D eigenvalue weighted by Gasteiger charge is -2.35. The number of benzene rings is 1. The van der Waals surface area contributed by atoms with Gasteiger partial charge >= 0.3 is 0 Å². The zero-order valence-corrected chi connectivity index (χ0v) is 11.9. The molecule has 1 atom stereocenters. The highest BCUT2D eigenvalue weighted by Crippen LogP contribution is 2.24. The highest BCUT2D eigenvalue weighted by atomic mass is 16.5. The van der Waals surface area contributed by atoms with Crippen molar-refractivity contribution in [3.05, 3.63) is 29.3 Å². The van der Waals surface area contributed by atoms with Crippen LogP contribution in [0.5, 0.6) is 5.75 Å². The molecule has 2 nitrogen and oxygen atoms in total. The molecule has 1 heterocycles. The minimum Gasteiger partial charge on any atom is -0.496 e. The fourth-order valence-corrected chi connectivity index (χ4v) is 3.00. The molecule has 0 radical (unpaired) electrons. The molecule has 0 spiro atoms. The molecule has 1 aromatic rings. The quantitative estimate of drug-likeness (QED) is 0.803. The standard InChI is InChI=1S/C16H25NO/c1-4-15-7-5-6-10-17(15)12-14-8-9-16(18-3)13(2)11-14/h8-9,11,15H,4-7,10,12H2,1-3H3/t15-/m1/s1. The molecule has 18 heavy (non-hydrogen) atoms. The Hall–Kier alpha value is -1.02. The van der Waals surface area contributed by atoms with E-state index in [2.05, 4.69) is 36.9 Å². The molecule has 1 saturated heterocycles. The van der Waals surface area contributed by atoms with Crippen LogP contribution in [0.15, 0.2) is 18.2 Å². The lowest BCUT2D eigenvalue weighted by Crippen LogP contribution is -2.38. The first-order valence-corrected chi connectivity index (χ1v) is 7.12. The topological polar surface area (TPSA) is 12.5 Å². The van der Waals surface area contributed by atoms with E-state index in [1.807, 2.05) is 0 Å². The second-order valence-corrected chi connectivity index (χ2v) is 5.33. The number of hydrogen-bond acceptors (Lipinski definition) is 2. The van der Waals surface area contributed by atoms with Crippen molar-refractivity contribution in [1.29, 1.82) is 0 Å². The van der Waals surface area contributed by atoms with Crippen molar-refractivity contribution in [3.8, 4) is 5.75 Å². The molecule has 2 rings (SSSR count). The van der Waals surface area contributed by atoms with Gasteiger partial charge in [0.15, 0.2) is 0 Å². The second-order valence-electron chi connectivity index (χ2n) is 5.33. The Bertz CT molecular complexity index is 389. The number of aryl methyl sites for hydroxylation is 1. The summed E-state index contributed by atoms with van der Waals surface area (Å²) in [4.78, 5) is 2.64. The summed E-state index contributed by atoms with van der Waals surface area (Å²) < 4.78 is 5.32. The van der Waals surface area contributed by atoms with E-state index in [1.54, 1.807) is 7.11 Å². The molecule has 0 amide bonds. The Morgan fingerprint density at radius 1 is 1.33 bits per heavy atom. The number of nitrogens with zero attached hydrogens (tertiary/aromatic N) is 1. The molecular formula is C16H25NO. The molecule has 2 heteroatoms. The minimum absolute atomic E-state index is 0.779. The maximum atomic E-state index is 5.32. The molecule has 0 N–H and O–H groups in total. The molecule has 1 aromatic carbocycles. The summed E-state index contributed by atoms with van der Waals surface area (Å²) >= 11 is 0. The third kappa shape index (κ3) is 3.05. The number of methoxy groups -OCH3 is 1. The summed E-state index contributed by atoms with van der Waals surface area (Å²) in [7, 11) is 1.74. The van der Waals surface area contributed by atoms with Crippen LogP contribution >= 0.6 is 0 Å². The van der Waals surface area contributed by atoms with Crippen molar-refractivity contribution in [2.24, 2.45) is 0 Å². The monoisotopic (exact) mass is 247 g/mol. The van der Waals surface area contributed by atoms with Crippen molar-refractivity contribution in [1.82, 2.24) is 4.90 Å². The van der Waals surface area contributed by atoms with Crippen LogP contribution in [0, 0.1) is 6.92 Å².